The lowest BCUT2D eigenvalue weighted by Crippen LogP contribution is -2.28. The fourth-order valence-electron chi connectivity index (χ4n) is 4.01. The van der Waals surface area contributed by atoms with E-state index in [9.17, 15) is 42.2 Å². The minimum atomic E-state index is -5.21. The third kappa shape index (κ3) is 7.88. The van der Waals surface area contributed by atoms with Crippen molar-refractivity contribution in [3.63, 3.8) is 0 Å². The number of benzene rings is 3. The fraction of sp³-hybridized carbons (Fsp3) is 0.185. The number of para-hydroxylation sites is 1. The predicted molar refractivity (Wildman–Crippen MR) is 160 cm³/mol. The molecule has 8 N–H and O–H groups in total. The van der Waals surface area contributed by atoms with Crippen molar-refractivity contribution >= 4 is 44.9 Å². The number of amides is 1. The van der Waals surface area contributed by atoms with E-state index in [2.05, 4.69) is 5.32 Å². The topological polar surface area (TPSA) is 242 Å². The molecule has 0 aliphatic rings. The molecule has 1 amide bonds. The molecule has 1 heterocycles. The molecule has 0 spiro atoms. The second-order valence-corrected chi connectivity index (χ2v) is 14.0. The number of fused-ring (bicyclic) bond motifs is 1. The van der Waals surface area contributed by atoms with E-state index in [-0.39, 0.29) is 58.7 Å². The van der Waals surface area contributed by atoms with Gasteiger partial charge in [-0.05, 0) is 47.3 Å². The number of carbonyl (C=O) groups is 1. The molecular formula is C27H26FN4O10PS2. The number of thiophene rings is 1. The number of carbonyl (C=O) groups excluding carboxylic acids is 1. The molecule has 1 unspecified atom stereocenters. The highest BCUT2D eigenvalue weighted by Crippen LogP contribution is 2.51. The van der Waals surface area contributed by atoms with E-state index in [4.69, 9.17) is 20.5 Å². The van der Waals surface area contributed by atoms with Gasteiger partial charge in [-0.3, -0.25) is 9.36 Å². The predicted octanol–water partition coefficient (Wildman–Crippen LogP) is 2.62. The van der Waals surface area contributed by atoms with E-state index in [0.717, 1.165) is 23.5 Å². The summed E-state index contributed by atoms with van der Waals surface area (Å²) in [5.74, 6) is -4.56. The van der Waals surface area contributed by atoms with E-state index in [1.54, 1.807) is 6.07 Å². The average molecular weight is 681 g/mol. The van der Waals surface area contributed by atoms with Gasteiger partial charge in [0, 0.05) is 17.3 Å². The van der Waals surface area contributed by atoms with Gasteiger partial charge in [-0.25, -0.2) is 12.8 Å². The first-order valence-corrected chi connectivity index (χ1v) is 16.8. The summed E-state index contributed by atoms with van der Waals surface area (Å²) in [6.07, 6.45) is 0. The van der Waals surface area contributed by atoms with Crippen molar-refractivity contribution < 1.29 is 51.6 Å². The van der Waals surface area contributed by atoms with Crippen molar-refractivity contribution in [1.29, 1.82) is 5.26 Å². The normalized spacial score (nSPS) is 12.4. The van der Waals surface area contributed by atoms with Crippen molar-refractivity contribution in [2.24, 2.45) is 5.73 Å². The number of sulfonamides is 1. The van der Waals surface area contributed by atoms with E-state index in [1.165, 1.54) is 36.4 Å². The summed E-state index contributed by atoms with van der Waals surface area (Å²) in [5.41, 5.74) is 4.63. The maximum atomic E-state index is 14.2. The molecule has 238 valence electrons. The number of ether oxygens (including phenoxy) is 2. The van der Waals surface area contributed by atoms with Gasteiger partial charge in [0.2, 0.25) is 0 Å². The maximum Gasteiger partial charge on any atom is 0.347 e. The highest BCUT2D eigenvalue weighted by Gasteiger charge is 2.36. The lowest BCUT2D eigenvalue weighted by molar-refractivity contribution is 0.0943. The van der Waals surface area contributed by atoms with Crippen LogP contribution in [0.3, 0.4) is 0 Å². The van der Waals surface area contributed by atoms with E-state index in [1.807, 2.05) is 4.72 Å². The standard InChI is InChI=1S/C27H26FN4O10PS2/c28-19-10-15(4-5-16(19)14-30)27(43(36,37)38)32-45(39,40)24-12-17-11-21(41-8-6-29)22(13-23(17)44-24)42-9-7-31-26(35)18-2-1-3-20(33)25(18)34/h1-5,10-13,27,32-34H,6-9,29H2,(H,31,35)(H2,36,37,38). The van der Waals surface area contributed by atoms with Crippen molar-refractivity contribution in [3.8, 4) is 29.1 Å². The molecule has 0 saturated heterocycles. The van der Waals surface area contributed by atoms with Crippen LogP contribution in [0.1, 0.15) is 27.3 Å². The number of nitrogens with one attached hydrogen (secondary N) is 2. The molecule has 14 nitrogen and oxygen atoms in total. The first-order valence-electron chi connectivity index (χ1n) is 12.8. The number of nitriles is 1. The van der Waals surface area contributed by atoms with Crippen LogP contribution in [0.4, 0.5) is 4.39 Å². The van der Waals surface area contributed by atoms with Crippen LogP contribution in [0.5, 0.6) is 23.0 Å². The second kappa shape index (κ2) is 13.8. The maximum absolute atomic E-state index is 14.2. The molecule has 4 rings (SSSR count). The van der Waals surface area contributed by atoms with Gasteiger partial charge in [0.25, 0.3) is 15.9 Å². The Kier molecular flexibility index (Phi) is 10.3. The number of phenolic OH excluding ortho intramolecular Hbond substituents is 2. The van der Waals surface area contributed by atoms with Gasteiger partial charge < -0.3 is 40.5 Å². The Morgan fingerprint density at radius 2 is 1.80 bits per heavy atom. The number of nitrogens with zero attached hydrogens (tertiary/aromatic N) is 1. The second-order valence-electron chi connectivity index (χ2n) is 9.28. The zero-order valence-electron chi connectivity index (χ0n) is 23.0. The Labute approximate surface area is 259 Å². The summed E-state index contributed by atoms with van der Waals surface area (Å²) in [7, 11) is -9.80. The zero-order chi connectivity index (χ0) is 32.9. The van der Waals surface area contributed by atoms with Gasteiger partial charge in [-0.15, -0.1) is 11.3 Å². The third-order valence-electron chi connectivity index (χ3n) is 6.14. The Morgan fingerprint density at radius 1 is 1.09 bits per heavy atom. The lowest BCUT2D eigenvalue weighted by atomic mass is 10.1. The monoisotopic (exact) mass is 680 g/mol. The van der Waals surface area contributed by atoms with Gasteiger partial charge >= 0.3 is 7.60 Å². The quantitative estimate of drug-likeness (QED) is 0.0613. The van der Waals surface area contributed by atoms with Crippen LogP contribution < -0.4 is 25.2 Å². The van der Waals surface area contributed by atoms with Crippen LogP contribution in [-0.4, -0.2) is 60.6 Å². The van der Waals surface area contributed by atoms with Crippen LogP contribution in [0.15, 0.2) is 58.8 Å². The number of rotatable bonds is 13. The number of aromatic hydroxyl groups is 2. The van der Waals surface area contributed by atoms with Crippen molar-refractivity contribution in [2.45, 2.75) is 9.99 Å². The lowest BCUT2D eigenvalue weighted by Gasteiger charge is -2.20. The van der Waals surface area contributed by atoms with E-state index >= 15 is 0 Å². The van der Waals surface area contributed by atoms with Gasteiger partial charge in [0.15, 0.2) is 23.0 Å². The van der Waals surface area contributed by atoms with Crippen LogP contribution in [0.2, 0.25) is 0 Å². The number of halogens is 1. The molecule has 0 aliphatic carbocycles. The van der Waals surface area contributed by atoms with Crippen LogP contribution in [0.25, 0.3) is 10.1 Å². The molecule has 45 heavy (non-hydrogen) atoms. The third-order valence-corrected chi connectivity index (χ3v) is 10.4. The van der Waals surface area contributed by atoms with Crippen LogP contribution in [0, 0.1) is 17.1 Å². The van der Waals surface area contributed by atoms with Crippen molar-refractivity contribution in [2.75, 3.05) is 26.3 Å². The van der Waals surface area contributed by atoms with Gasteiger partial charge in [-0.2, -0.15) is 9.98 Å². The van der Waals surface area contributed by atoms with Crippen molar-refractivity contribution in [3.05, 3.63) is 77.1 Å². The molecule has 1 atom stereocenters. The van der Waals surface area contributed by atoms with Gasteiger partial charge in [0.1, 0.15) is 35.1 Å². The van der Waals surface area contributed by atoms with Crippen LogP contribution >= 0.6 is 18.9 Å². The molecule has 1 aromatic heterocycles. The summed E-state index contributed by atoms with van der Waals surface area (Å²) in [6, 6.07) is 12.4. The van der Waals surface area contributed by atoms with Gasteiger partial charge in [-0.1, -0.05) is 12.1 Å². The molecule has 3 aromatic carbocycles. The SMILES string of the molecule is N#Cc1ccc(C(NS(=O)(=O)c2cc3cc(OCCN)c(OCCNC(=O)c4cccc(O)c4O)cc3s2)P(=O)(O)O)cc1F. The van der Waals surface area contributed by atoms with E-state index < -0.39 is 46.6 Å². The summed E-state index contributed by atoms with van der Waals surface area (Å²) in [5, 5.41) is 31.3. The minimum absolute atomic E-state index is 0.0318. The summed E-state index contributed by atoms with van der Waals surface area (Å²) in [4.78, 5) is 32.1. The molecule has 0 bridgehead atoms. The number of hydrogen-bond donors (Lipinski definition) is 7. The number of nitrogens with two attached hydrogens (primary N) is 1. The van der Waals surface area contributed by atoms with Crippen molar-refractivity contribution in [1.82, 2.24) is 10.0 Å². The zero-order valence-corrected chi connectivity index (χ0v) is 25.5. The Bertz CT molecular complexity index is 1940. The Morgan fingerprint density at radius 3 is 2.47 bits per heavy atom. The van der Waals surface area contributed by atoms with Crippen LogP contribution in [-0.2, 0) is 14.6 Å². The molecule has 0 radical (unpaired) electrons. The Balaban J connectivity index is 1.56. The molecule has 18 heteroatoms. The molecule has 0 fully saturated rings. The van der Waals surface area contributed by atoms with E-state index in [0.29, 0.717) is 16.2 Å². The largest absolute Gasteiger partial charge is 0.504 e. The minimum Gasteiger partial charge on any atom is -0.504 e. The fourth-order valence-corrected chi connectivity index (χ4v) is 8.01. The average Bonchev–Trinajstić information content (AvgIpc) is 3.41. The first-order chi connectivity index (χ1) is 21.2. The number of phenols is 2. The smallest absolute Gasteiger partial charge is 0.347 e. The highest BCUT2D eigenvalue weighted by atomic mass is 32.2. The summed E-state index contributed by atoms with van der Waals surface area (Å²) >= 11 is 0.750. The molecular weight excluding hydrogens is 654 g/mol. The van der Waals surface area contributed by atoms with Gasteiger partial charge in [0.05, 0.1) is 17.7 Å². The summed E-state index contributed by atoms with van der Waals surface area (Å²) < 4.78 is 66.4. The molecule has 0 saturated carbocycles. The Hall–Kier alpha value is -4.27. The number of hydrogen-bond acceptors (Lipinski definition) is 11. The molecule has 0 aliphatic heterocycles. The summed E-state index contributed by atoms with van der Waals surface area (Å²) in [6.45, 7) is 0.111. The first kappa shape index (κ1) is 33.6. The highest BCUT2D eigenvalue weighted by molar-refractivity contribution is 7.92. The molecule has 4 aromatic rings.